The van der Waals surface area contributed by atoms with E-state index >= 15 is 28.8 Å². The first kappa shape index (κ1) is 92.9. The van der Waals surface area contributed by atoms with Crippen LogP contribution in [-0.2, 0) is 76.7 Å². The highest BCUT2D eigenvalue weighted by Gasteiger charge is 2.37. The predicted molar refractivity (Wildman–Crippen MR) is 458 cm³/mol. The van der Waals surface area contributed by atoms with E-state index in [2.05, 4.69) is 68.2 Å². The van der Waals surface area contributed by atoms with Crippen molar-refractivity contribution in [3.63, 3.8) is 0 Å². The monoisotopic (exact) mass is 1640 g/mol. The lowest BCUT2D eigenvalue weighted by molar-refractivity contribution is -0.136. The molecule has 638 valence electrons. The van der Waals surface area contributed by atoms with Gasteiger partial charge in [0.1, 0.15) is 61.0 Å². The van der Waals surface area contributed by atoms with Crippen molar-refractivity contribution in [3.8, 4) is 0 Å². The molecule has 0 saturated carbocycles. The third kappa shape index (κ3) is 29.5. The smallest absolute Gasteiger partial charge is 0.256 e. The summed E-state index contributed by atoms with van der Waals surface area (Å²) in [6.45, 7) is 1.92. The van der Waals surface area contributed by atoms with Crippen LogP contribution < -0.4 is 93.5 Å². The second kappa shape index (κ2) is 50.9. The Hall–Kier alpha value is -10.6. The Morgan fingerprint density at radius 1 is 0.314 bits per heavy atom. The van der Waals surface area contributed by atoms with E-state index in [4.69, 9.17) is 49.7 Å². The number of aromatic nitrogens is 3. The number of unbranched alkanes of at least 4 members (excludes halogenated alkanes) is 5. The lowest BCUT2D eigenvalue weighted by Gasteiger charge is -2.29. The molecule has 10 amide bonds. The molecule has 27 N–H and O–H groups in total. The summed E-state index contributed by atoms with van der Waals surface area (Å²) < 4.78 is 10.8. The third-order valence-corrected chi connectivity index (χ3v) is 21.8. The summed E-state index contributed by atoms with van der Waals surface area (Å²) in [6.07, 6.45) is 9.48. The molecule has 8 aromatic rings. The molecular formula is C85H120N20O12S. The molecule has 3 heterocycles. The zero-order chi connectivity index (χ0) is 84.4. The van der Waals surface area contributed by atoms with Gasteiger partial charge in [-0.05, 0) is 175 Å². The summed E-state index contributed by atoms with van der Waals surface area (Å²) in [6, 6.07) is 29.5. The van der Waals surface area contributed by atoms with Gasteiger partial charge in [-0.2, -0.15) is 0 Å². The molecule has 0 unspecified atom stereocenters. The van der Waals surface area contributed by atoms with Crippen molar-refractivity contribution in [3.05, 3.63) is 180 Å². The average molecular weight is 1650 g/mol. The summed E-state index contributed by atoms with van der Waals surface area (Å²) in [5, 5.41) is 28.0. The lowest BCUT2D eigenvalue weighted by Crippen LogP contribution is -2.61. The Kier molecular flexibility index (Phi) is 40.1. The van der Waals surface area contributed by atoms with Gasteiger partial charge in [0, 0.05) is 82.9 Å². The van der Waals surface area contributed by atoms with Crippen molar-refractivity contribution in [2.45, 2.75) is 175 Å². The van der Waals surface area contributed by atoms with E-state index in [1.165, 1.54) is 11.8 Å². The number of carbonyl (C=O) groups excluding carboxylic acids is 10. The fourth-order valence-corrected chi connectivity index (χ4v) is 15.3. The normalized spacial score (nSPS) is 13.7. The minimum atomic E-state index is -1.47. The number of fused-ring (bicyclic) bond motifs is 3. The van der Waals surface area contributed by atoms with Gasteiger partial charge in [-0.15, -0.1) is 11.8 Å². The van der Waals surface area contributed by atoms with E-state index in [9.17, 15) is 19.2 Å². The number of aromatic amines is 3. The number of rotatable bonds is 56. The molecule has 0 bridgehead atoms. The summed E-state index contributed by atoms with van der Waals surface area (Å²) >= 11 is 1.38. The zero-order valence-corrected chi connectivity index (χ0v) is 67.9. The summed E-state index contributed by atoms with van der Waals surface area (Å²) in [7, 11) is 0. The molecule has 0 saturated heterocycles. The minimum absolute atomic E-state index is 0.00413. The number of hydrogen-bond donors (Lipinski definition) is 20. The standard InChI is InChI=1S/C85H120N20O12S/c86-38-18-13-33-66(96-75(106)53-117-46-45-116-44-43-91)77(107)97-68(35-15-20-40-88)79(109)101-72(48-58-51-94-64-31-11-8-28-61(58)64)82(112)103-71(47-57-50-93-63-30-10-7-27-60(57)63)81(111)99-67(34-14-19-39-87)78(108)98-69(36-16-21-41-89)80(110)102-73(49-59-52-95-65-32-12-9-29-62(59)65)83(113)104-74(84(114)100-70(85(115)105-92)37-17-22-42-90)54-118-76(55-23-3-1-4-24-55)56-25-5-2-6-26-56/h1-12,23-32,50-52,66-74,76,93-95H,13-22,33-49,53-54,86-92H2,(H,96,106)(H,97,107)(H,98,108)(H,99,111)(H,100,114)(H,101,109)(H,102,110)(H,103,112)(H,104,113)(H,105,115)/t66-,67-,68-,69-,70-,71-,72-,73-,74-/m0/s1. The Bertz CT molecular complexity index is 4410. The van der Waals surface area contributed by atoms with Crippen LogP contribution in [-0.4, -0.2) is 200 Å². The van der Waals surface area contributed by atoms with Crippen LogP contribution in [0.5, 0.6) is 0 Å². The fraction of sp³-hybridized carbons (Fsp3) is 0.459. The first-order valence-corrected chi connectivity index (χ1v) is 41.9. The second-order valence-electron chi connectivity index (χ2n) is 29.2. The number of hydrogen-bond acceptors (Lipinski definition) is 20. The topological polar surface area (TPSA) is 539 Å². The van der Waals surface area contributed by atoms with Crippen LogP contribution in [0.3, 0.4) is 0 Å². The summed E-state index contributed by atoms with van der Waals surface area (Å²) in [5.74, 6) is -1.72. The first-order valence-electron chi connectivity index (χ1n) is 40.9. The van der Waals surface area contributed by atoms with Crippen molar-refractivity contribution < 1.29 is 57.4 Å². The van der Waals surface area contributed by atoms with Gasteiger partial charge in [-0.1, -0.05) is 115 Å². The Balaban J connectivity index is 1.10. The molecular weight excluding hydrogens is 1530 g/mol. The van der Waals surface area contributed by atoms with Crippen molar-refractivity contribution >= 4 is 104 Å². The molecule has 0 aliphatic heterocycles. The van der Waals surface area contributed by atoms with Crippen LogP contribution in [0.4, 0.5) is 0 Å². The molecule has 9 atom stereocenters. The minimum Gasteiger partial charge on any atom is -0.378 e. The Morgan fingerprint density at radius 2 is 0.602 bits per heavy atom. The number of para-hydroxylation sites is 3. The van der Waals surface area contributed by atoms with E-state index in [0.717, 1.165) is 43.8 Å². The van der Waals surface area contributed by atoms with Crippen LogP contribution in [0.2, 0.25) is 0 Å². The summed E-state index contributed by atoms with van der Waals surface area (Å²) in [4.78, 5) is 158. The Labute approximate surface area is 692 Å². The number of nitrogens with one attached hydrogen (secondary N) is 13. The first-order chi connectivity index (χ1) is 57.4. The highest BCUT2D eigenvalue weighted by molar-refractivity contribution is 7.99. The number of amides is 10. The van der Waals surface area contributed by atoms with Gasteiger partial charge < -0.3 is 107 Å². The maximum Gasteiger partial charge on any atom is 0.256 e. The molecule has 5 aromatic carbocycles. The predicted octanol–water partition coefficient (Wildman–Crippen LogP) is 2.67. The maximum atomic E-state index is 15.6. The van der Waals surface area contributed by atoms with Gasteiger partial charge in [0.25, 0.3) is 5.91 Å². The molecule has 0 radical (unpaired) electrons. The lowest BCUT2D eigenvalue weighted by atomic mass is 10.00. The molecule has 3 aromatic heterocycles. The number of carbonyl (C=O) groups is 10. The van der Waals surface area contributed by atoms with E-state index in [1.807, 2.05) is 133 Å². The van der Waals surface area contributed by atoms with Gasteiger partial charge in [-0.25, -0.2) is 5.84 Å². The SMILES string of the molecule is NCCCC[C@H](NC(=O)COCCOCCN)C(=O)N[C@@H](CCCCN)C(=O)N[C@@H](Cc1c[nH]c2ccccc12)C(=O)N[C@@H](Cc1c[nH]c2ccccc12)C(=O)N[C@@H](CCCCN)C(=O)N[C@@H](CCCCN)C(=O)N[C@@H](Cc1c[nH]c2ccccc12)C(=O)N[C@@H](CSC(c1ccccc1)c1ccccc1)C(=O)N[C@@H](CCCCN)C(=O)NN. The fourth-order valence-electron chi connectivity index (χ4n) is 14.0. The largest absolute Gasteiger partial charge is 0.378 e. The van der Waals surface area contributed by atoms with Crippen LogP contribution in [0.1, 0.15) is 129 Å². The van der Waals surface area contributed by atoms with Crippen molar-refractivity contribution in [1.82, 2.24) is 68.2 Å². The van der Waals surface area contributed by atoms with Gasteiger partial charge in [-0.3, -0.25) is 53.4 Å². The third-order valence-electron chi connectivity index (χ3n) is 20.4. The zero-order valence-electron chi connectivity index (χ0n) is 67.1. The molecule has 118 heavy (non-hydrogen) atoms. The van der Waals surface area contributed by atoms with Crippen molar-refractivity contribution in [1.29, 1.82) is 0 Å². The van der Waals surface area contributed by atoms with Gasteiger partial charge >= 0.3 is 0 Å². The highest BCUT2D eigenvalue weighted by atomic mass is 32.2. The van der Waals surface area contributed by atoms with Gasteiger partial charge in [0.15, 0.2) is 0 Å². The number of nitrogens with two attached hydrogens (primary N) is 7. The van der Waals surface area contributed by atoms with Crippen LogP contribution >= 0.6 is 11.8 Å². The van der Waals surface area contributed by atoms with Gasteiger partial charge in [0.2, 0.25) is 53.2 Å². The quantitative estimate of drug-likeness (QED) is 0.0113. The van der Waals surface area contributed by atoms with Crippen molar-refractivity contribution in [2.75, 3.05) is 71.4 Å². The number of hydrazine groups is 1. The number of H-pyrrole nitrogens is 3. The van der Waals surface area contributed by atoms with Crippen LogP contribution in [0.15, 0.2) is 152 Å². The molecule has 33 heteroatoms. The molecule has 0 aliphatic rings. The molecule has 0 fully saturated rings. The van der Waals surface area contributed by atoms with E-state index < -0.39 is 113 Å². The van der Waals surface area contributed by atoms with Crippen LogP contribution in [0.25, 0.3) is 32.7 Å². The molecule has 0 aliphatic carbocycles. The second-order valence-corrected chi connectivity index (χ2v) is 30.4. The summed E-state index contributed by atoms with van der Waals surface area (Å²) in [5.41, 5.74) is 43.3. The Morgan fingerprint density at radius 3 is 0.941 bits per heavy atom. The molecule has 32 nitrogen and oxygen atoms in total. The maximum absolute atomic E-state index is 15.6. The highest BCUT2D eigenvalue weighted by Crippen LogP contribution is 2.36. The number of benzene rings is 5. The van der Waals surface area contributed by atoms with E-state index in [1.54, 1.807) is 18.6 Å². The molecule has 0 spiro atoms. The van der Waals surface area contributed by atoms with Gasteiger partial charge in [0.05, 0.1) is 25.1 Å². The number of ether oxygens (including phenoxy) is 2. The average Bonchev–Trinajstić information content (AvgIpc) is 1.62. The molecule has 8 rings (SSSR count). The van der Waals surface area contributed by atoms with E-state index in [-0.39, 0.29) is 102 Å². The number of thioether (sulfide) groups is 1. The van der Waals surface area contributed by atoms with Crippen molar-refractivity contribution in [2.24, 2.45) is 40.2 Å². The van der Waals surface area contributed by atoms with Crippen LogP contribution in [0, 0.1) is 0 Å². The van der Waals surface area contributed by atoms with E-state index in [0.29, 0.717) is 107 Å².